The van der Waals surface area contributed by atoms with Gasteiger partial charge in [0.1, 0.15) is 5.75 Å². The van der Waals surface area contributed by atoms with E-state index >= 15 is 0 Å². The van der Waals surface area contributed by atoms with Crippen LogP contribution < -0.4 is 0 Å². The van der Waals surface area contributed by atoms with Crippen LogP contribution >= 0.6 is 31.9 Å². The van der Waals surface area contributed by atoms with E-state index in [9.17, 15) is 9.90 Å². The molecule has 5 heteroatoms. The predicted octanol–water partition coefficient (Wildman–Crippen LogP) is 3.09. The number of benzene rings is 1. The van der Waals surface area contributed by atoms with Crippen molar-refractivity contribution in [2.75, 3.05) is 6.61 Å². The molecular weight excluding hydrogens is 316 g/mol. The first-order valence-corrected chi connectivity index (χ1v) is 5.50. The molecule has 1 aromatic rings. The second-order valence-corrected chi connectivity index (χ2v) is 4.21. The van der Waals surface area contributed by atoms with Crippen LogP contribution in [-0.2, 0) is 4.74 Å². The topological polar surface area (TPSA) is 46.5 Å². The molecule has 0 saturated carbocycles. The standard InChI is InChI=1S/C9H8Br2O3/c1-2-14-9(13)8-6(10)3-5(12)4-7(8)11/h3-4,12H,2H2,1H3. The van der Waals surface area contributed by atoms with Crippen molar-refractivity contribution in [3.8, 4) is 5.75 Å². The van der Waals surface area contributed by atoms with Gasteiger partial charge in [0.05, 0.1) is 12.2 Å². The summed E-state index contributed by atoms with van der Waals surface area (Å²) in [5.74, 6) is -0.344. The summed E-state index contributed by atoms with van der Waals surface area (Å²) in [6.45, 7) is 2.05. The first-order valence-electron chi connectivity index (χ1n) is 3.91. The number of ether oxygens (including phenoxy) is 1. The van der Waals surface area contributed by atoms with E-state index in [-0.39, 0.29) is 5.75 Å². The Morgan fingerprint density at radius 3 is 2.36 bits per heavy atom. The molecule has 0 heterocycles. The van der Waals surface area contributed by atoms with Gasteiger partial charge in [-0.3, -0.25) is 0 Å². The van der Waals surface area contributed by atoms with Crippen LogP contribution in [0.5, 0.6) is 5.75 Å². The van der Waals surface area contributed by atoms with E-state index in [1.165, 1.54) is 12.1 Å². The lowest BCUT2D eigenvalue weighted by Gasteiger charge is -2.06. The van der Waals surface area contributed by atoms with Gasteiger partial charge in [0, 0.05) is 8.95 Å². The molecule has 0 radical (unpaired) electrons. The van der Waals surface area contributed by atoms with Crippen LogP contribution in [0.25, 0.3) is 0 Å². The molecule has 1 aromatic carbocycles. The fourth-order valence-electron chi connectivity index (χ4n) is 0.958. The molecule has 0 aromatic heterocycles. The number of hydrogen-bond donors (Lipinski definition) is 1. The van der Waals surface area contributed by atoms with Crippen molar-refractivity contribution in [1.82, 2.24) is 0 Å². The minimum Gasteiger partial charge on any atom is -0.508 e. The highest BCUT2D eigenvalue weighted by atomic mass is 79.9. The summed E-state index contributed by atoms with van der Waals surface area (Å²) in [6.07, 6.45) is 0. The van der Waals surface area contributed by atoms with Gasteiger partial charge in [0.25, 0.3) is 0 Å². The van der Waals surface area contributed by atoms with Gasteiger partial charge in [-0.05, 0) is 50.9 Å². The van der Waals surface area contributed by atoms with Gasteiger partial charge in [-0.25, -0.2) is 4.79 Å². The van der Waals surface area contributed by atoms with Crippen molar-refractivity contribution in [3.05, 3.63) is 26.6 Å². The number of carbonyl (C=O) groups excluding carboxylic acids is 1. The second-order valence-electron chi connectivity index (χ2n) is 2.50. The Labute approximate surface area is 98.3 Å². The van der Waals surface area contributed by atoms with Crippen LogP contribution in [0.3, 0.4) is 0 Å². The van der Waals surface area contributed by atoms with E-state index in [2.05, 4.69) is 31.9 Å². The zero-order valence-corrected chi connectivity index (χ0v) is 10.6. The van der Waals surface area contributed by atoms with E-state index in [1.807, 2.05) is 0 Å². The summed E-state index contributed by atoms with van der Waals surface area (Å²) in [5.41, 5.74) is 0.379. The molecule has 14 heavy (non-hydrogen) atoms. The molecule has 0 fully saturated rings. The molecule has 0 saturated heterocycles. The first kappa shape index (κ1) is 11.5. The summed E-state index contributed by atoms with van der Waals surface area (Å²) < 4.78 is 5.85. The third-order valence-corrected chi connectivity index (χ3v) is 2.76. The Kier molecular flexibility index (Phi) is 3.95. The average molecular weight is 324 g/mol. The fraction of sp³-hybridized carbons (Fsp3) is 0.222. The van der Waals surface area contributed by atoms with E-state index in [0.29, 0.717) is 21.1 Å². The highest BCUT2D eigenvalue weighted by molar-refractivity contribution is 9.11. The van der Waals surface area contributed by atoms with Gasteiger partial charge in [0.15, 0.2) is 0 Å². The van der Waals surface area contributed by atoms with E-state index in [0.717, 1.165) is 0 Å². The molecule has 0 aliphatic rings. The van der Waals surface area contributed by atoms with Crippen molar-refractivity contribution in [1.29, 1.82) is 0 Å². The van der Waals surface area contributed by atoms with Gasteiger partial charge in [0.2, 0.25) is 0 Å². The van der Waals surface area contributed by atoms with Crippen LogP contribution in [0.2, 0.25) is 0 Å². The third kappa shape index (κ3) is 2.48. The fourth-order valence-corrected chi connectivity index (χ4v) is 2.44. The summed E-state index contributed by atoms with van der Waals surface area (Å²) in [5, 5.41) is 9.22. The predicted molar refractivity (Wildman–Crippen MR) is 59.5 cm³/mol. The monoisotopic (exact) mass is 322 g/mol. The maximum atomic E-state index is 11.4. The van der Waals surface area contributed by atoms with Gasteiger partial charge >= 0.3 is 5.97 Å². The van der Waals surface area contributed by atoms with Gasteiger partial charge in [-0.15, -0.1) is 0 Å². The average Bonchev–Trinajstić information content (AvgIpc) is 2.01. The SMILES string of the molecule is CCOC(=O)c1c(Br)cc(O)cc1Br. The molecule has 0 unspecified atom stereocenters. The first-order chi connectivity index (χ1) is 6.56. The number of hydrogen-bond acceptors (Lipinski definition) is 3. The van der Waals surface area contributed by atoms with Crippen molar-refractivity contribution in [3.63, 3.8) is 0 Å². The van der Waals surface area contributed by atoms with Crippen molar-refractivity contribution in [2.24, 2.45) is 0 Å². The number of phenols is 1. The summed E-state index contributed by atoms with van der Waals surface area (Å²) in [6, 6.07) is 2.88. The molecule has 1 rings (SSSR count). The van der Waals surface area contributed by atoms with Crippen molar-refractivity contribution >= 4 is 37.8 Å². The number of rotatable bonds is 2. The zero-order valence-electron chi connectivity index (χ0n) is 7.38. The van der Waals surface area contributed by atoms with E-state index in [4.69, 9.17) is 4.74 Å². The number of phenolic OH excluding ortho intramolecular Hbond substituents is 1. The Morgan fingerprint density at radius 2 is 1.93 bits per heavy atom. The molecule has 3 nitrogen and oxygen atoms in total. The number of halogens is 2. The number of esters is 1. The number of carbonyl (C=O) groups is 1. The minimum atomic E-state index is -0.425. The molecule has 0 bridgehead atoms. The molecule has 0 amide bonds. The molecule has 76 valence electrons. The summed E-state index contributed by atoms with van der Waals surface area (Å²) in [7, 11) is 0. The Morgan fingerprint density at radius 1 is 1.43 bits per heavy atom. The van der Waals surface area contributed by atoms with Crippen molar-refractivity contribution in [2.45, 2.75) is 6.92 Å². The minimum absolute atomic E-state index is 0.0804. The largest absolute Gasteiger partial charge is 0.508 e. The van der Waals surface area contributed by atoms with Crippen LogP contribution in [0.15, 0.2) is 21.1 Å². The summed E-state index contributed by atoms with van der Waals surface area (Å²) >= 11 is 6.36. The van der Waals surface area contributed by atoms with Crippen molar-refractivity contribution < 1.29 is 14.6 Å². The Balaban J connectivity index is 3.14. The smallest absolute Gasteiger partial charge is 0.340 e. The Hall–Kier alpha value is -0.550. The molecule has 0 aliphatic heterocycles. The quantitative estimate of drug-likeness (QED) is 0.851. The van der Waals surface area contributed by atoms with Crippen LogP contribution in [-0.4, -0.2) is 17.7 Å². The Bertz CT molecular complexity index is 340. The lowest BCUT2D eigenvalue weighted by molar-refractivity contribution is 0.0524. The lowest BCUT2D eigenvalue weighted by atomic mass is 10.2. The molecule has 0 atom stereocenters. The van der Waals surface area contributed by atoms with Gasteiger partial charge < -0.3 is 9.84 Å². The highest BCUT2D eigenvalue weighted by Gasteiger charge is 2.16. The molecule has 1 N–H and O–H groups in total. The lowest BCUT2D eigenvalue weighted by Crippen LogP contribution is -2.06. The molecule has 0 spiro atoms. The van der Waals surface area contributed by atoms with Crippen LogP contribution in [0.1, 0.15) is 17.3 Å². The molecular formula is C9H8Br2O3. The van der Waals surface area contributed by atoms with Gasteiger partial charge in [-0.1, -0.05) is 0 Å². The normalized spacial score (nSPS) is 9.93. The maximum Gasteiger partial charge on any atom is 0.340 e. The molecule has 0 aliphatic carbocycles. The highest BCUT2D eigenvalue weighted by Crippen LogP contribution is 2.30. The number of aromatic hydroxyl groups is 1. The van der Waals surface area contributed by atoms with E-state index in [1.54, 1.807) is 6.92 Å². The third-order valence-electron chi connectivity index (χ3n) is 1.51. The van der Waals surface area contributed by atoms with Gasteiger partial charge in [-0.2, -0.15) is 0 Å². The summed E-state index contributed by atoms with van der Waals surface area (Å²) in [4.78, 5) is 11.4. The zero-order chi connectivity index (χ0) is 10.7. The van der Waals surface area contributed by atoms with Crippen LogP contribution in [0.4, 0.5) is 0 Å². The maximum absolute atomic E-state index is 11.4. The van der Waals surface area contributed by atoms with E-state index < -0.39 is 5.97 Å². The van der Waals surface area contributed by atoms with Crippen LogP contribution in [0, 0.1) is 0 Å². The second kappa shape index (κ2) is 4.79.